The Morgan fingerprint density at radius 3 is 2.15 bits per heavy atom. The molecule has 0 aromatic carbocycles. The van der Waals surface area contributed by atoms with Gasteiger partial charge < -0.3 is 14.5 Å². The highest BCUT2D eigenvalue weighted by Gasteiger charge is 2.27. The third kappa shape index (κ3) is 5.41. The second-order valence-electron chi connectivity index (χ2n) is 7.84. The Morgan fingerprint density at radius 1 is 0.885 bits per heavy atom. The van der Waals surface area contributed by atoms with E-state index in [1.54, 1.807) is 0 Å². The van der Waals surface area contributed by atoms with Crippen LogP contribution in [0.15, 0.2) is 0 Å². The van der Waals surface area contributed by atoms with Gasteiger partial charge in [0.05, 0.1) is 26.3 Å². The number of piperazine rings is 1. The average Bonchev–Trinajstić information content (AvgIpc) is 2.69. The molecular weight excluding hydrogens is 332 g/mol. The first-order valence-corrected chi connectivity index (χ1v) is 10.2. The molecule has 0 spiro atoms. The first-order chi connectivity index (χ1) is 12.6. The maximum atomic E-state index is 12.6. The van der Waals surface area contributed by atoms with Crippen molar-refractivity contribution in [2.24, 2.45) is 0 Å². The van der Waals surface area contributed by atoms with Crippen LogP contribution < -0.4 is 0 Å². The number of likely N-dealkylation sites (N-methyl/N-ethyl adjacent to an activating group) is 1. The van der Waals surface area contributed by atoms with Crippen molar-refractivity contribution in [1.82, 2.24) is 19.6 Å². The molecule has 3 aliphatic rings. The van der Waals surface area contributed by atoms with Crippen molar-refractivity contribution in [2.75, 3.05) is 72.6 Å². The molecule has 2 aliphatic heterocycles. The lowest BCUT2D eigenvalue weighted by Crippen LogP contribution is -2.54. The van der Waals surface area contributed by atoms with Crippen LogP contribution in [0.3, 0.4) is 0 Å². The van der Waals surface area contributed by atoms with Crippen molar-refractivity contribution in [3.05, 3.63) is 0 Å². The molecule has 2 amide bonds. The van der Waals surface area contributed by atoms with Crippen LogP contribution in [0.2, 0.25) is 0 Å². The van der Waals surface area contributed by atoms with Crippen LogP contribution in [-0.4, -0.2) is 110 Å². The third-order valence-electron chi connectivity index (χ3n) is 6.06. The van der Waals surface area contributed by atoms with Crippen LogP contribution >= 0.6 is 0 Å². The lowest BCUT2D eigenvalue weighted by Gasteiger charge is -2.37. The largest absolute Gasteiger partial charge is 0.379 e. The first-order valence-electron chi connectivity index (χ1n) is 10.2. The molecular formula is C19H34N4O3. The van der Waals surface area contributed by atoms with Crippen LogP contribution in [0.5, 0.6) is 0 Å². The van der Waals surface area contributed by atoms with Gasteiger partial charge in [-0.3, -0.25) is 19.4 Å². The van der Waals surface area contributed by atoms with Gasteiger partial charge in [0, 0.05) is 52.4 Å². The van der Waals surface area contributed by atoms with Crippen LogP contribution in [-0.2, 0) is 14.3 Å². The number of nitrogens with zero attached hydrogens (tertiary/aromatic N) is 4. The number of morpholine rings is 1. The number of ether oxygens (including phenoxy) is 1. The number of amides is 2. The van der Waals surface area contributed by atoms with Gasteiger partial charge in [-0.1, -0.05) is 19.3 Å². The standard InChI is InChI=1S/C19H34N4O3/c1-20(17-5-3-2-4-6-17)18(24)15-21-7-9-23(10-8-21)19(25)16-22-11-13-26-14-12-22/h17H,2-16H2,1H3. The second-order valence-corrected chi connectivity index (χ2v) is 7.84. The fourth-order valence-electron chi connectivity index (χ4n) is 4.18. The summed E-state index contributed by atoms with van der Waals surface area (Å²) < 4.78 is 5.33. The molecule has 0 aromatic rings. The maximum Gasteiger partial charge on any atom is 0.236 e. The van der Waals surface area contributed by atoms with Crippen molar-refractivity contribution in [1.29, 1.82) is 0 Å². The van der Waals surface area contributed by atoms with Crippen LogP contribution in [0.25, 0.3) is 0 Å². The molecule has 0 atom stereocenters. The molecule has 2 saturated heterocycles. The Kier molecular flexibility index (Phi) is 7.28. The van der Waals surface area contributed by atoms with Crippen LogP contribution in [0.4, 0.5) is 0 Å². The van der Waals surface area contributed by atoms with E-state index < -0.39 is 0 Å². The van der Waals surface area contributed by atoms with Gasteiger partial charge in [-0.2, -0.15) is 0 Å². The van der Waals surface area contributed by atoms with Crippen molar-refractivity contribution in [3.63, 3.8) is 0 Å². The maximum absolute atomic E-state index is 12.6. The van der Waals surface area contributed by atoms with Gasteiger partial charge in [-0.25, -0.2) is 0 Å². The minimum absolute atomic E-state index is 0.206. The van der Waals surface area contributed by atoms with E-state index in [0.717, 1.165) is 65.3 Å². The lowest BCUT2D eigenvalue weighted by molar-refractivity contribution is -0.137. The molecule has 1 aliphatic carbocycles. The third-order valence-corrected chi connectivity index (χ3v) is 6.06. The fourth-order valence-corrected chi connectivity index (χ4v) is 4.18. The summed E-state index contributed by atoms with van der Waals surface area (Å²) in [6.45, 7) is 7.13. The summed E-state index contributed by atoms with van der Waals surface area (Å²) in [7, 11) is 1.96. The van der Waals surface area contributed by atoms with E-state index in [9.17, 15) is 9.59 Å². The lowest BCUT2D eigenvalue weighted by atomic mass is 9.94. The zero-order valence-corrected chi connectivity index (χ0v) is 16.2. The Bertz CT molecular complexity index is 467. The van der Waals surface area contributed by atoms with E-state index in [1.807, 2.05) is 16.8 Å². The molecule has 26 heavy (non-hydrogen) atoms. The van der Waals surface area contributed by atoms with Crippen molar-refractivity contribution in [2.45, 2.75) is 38.1 Å². The predicted molar refractivity (Wildman–Crippen MR) is 99.9 cm³/mol. The van der Waals surface area contributed by atoms with E-state index in [2.05, 4.69) is 9.80 Å². The summed E-state index contributed by atoms with van der Waals surface area (Å²) in [5.74, 6) is 0.433. The molecule has 148 valence electrons. The Hall–Kier alpha value is -1.18. The monoisotopic (exact) mass is 366 g/mol. The summed E-state index contributed by atoms with van der Waals surface area (Å²) in [5.41, 5.74) is 0. The SMILES string of the molecule is CN(C(=O)CN1CCN(C(=O)CN2CCOCC2)CC1)C1CCCCC1. The first kappa shape index (κ1) is 19.6. The minimum atomic E-state index is 0.206. The highest BCUT2D eigenvalue weighted by Crippen LogP contribution is 2.21. The number of hydrogen-bond donors (Lipinski definition) is 0. The number of rotatable bonds is 5. The van der Waals surface area contributed by atoms with Gasteiger partial charge in [0.1, 0.15) is 0 Å². The van der Waals surface area contributed by atoms with Crippen LogP contribution in [0.1, 0.15) is 32.1 Å². The molecule has 2 heterocycles. The van der Waals surface area contributed by atoms with Gasteiger partial charge in [-0.05, 0) is 12.8 Å². The zero-order valence-electron chi connectivity index (χ0n) is 16.2. The number of carbonyl (C=O) groups excluding carboxylic acids is 2. The molecule has 0 aromatic heterocycles. The highest BCUT2D eigenvalue weighted by atomic mass is 16.5. The number of carbonyl (C=O) groups is 2. The fraction of sp³-hybridized carbons (Fsp3) is 0.895. The Labute approximate surface area is 157 Å². The topological polar surface area (TPSA) is 56.3 Å². The minimum Gasteiger partial charge on any atom is -0.379 e. The average molecular weight is 367 g/mol. The molecule has 0 N–H and O–H groups in total. The highest BCUT2D eigenvalue weighted by molar-refractivity contribution is 5.79. The summed E-state index contributed by atoms with van der Waals surface area (Å²) in [5, 5.41) is 0. The molecule has 1 saturated carbocycles. The van der Waals surface area contributed by atoms with Gasteiger partial charge in [-0.15, -0.1) is 0 Å². The van der Waals surface area contributed by atoms with E-state index in [-0.39, 0.29) is 11.8 Å². The Balaban J connectivity index is 1.37. The summed E-state index contributed by atoms with van der Waals surface area (Å²) in [6.07, 6.45) is 6.08. The van der Waals surface area contributed by atoms with Crippen molar-refractivity contribution in [3.8, 4) is 0 Å². The van der Waals surface area contributed by atoms with Gasteiger partial charge in [0.2, 0.25) is 11.8 Å². The Morgan fingerprint density at radius 2 is 1.50 bits per heavy atom. The quantitative estimate of drug-likeness (QED) is 0.698. The van der Waals surface area contributed by atoms with E-state index >= 15 is 0 Å². The molecule has 7 nitrogen and oxygen atoms in total. The molecule has 0 unspecified atom stereocenters. The molecule has 0 radical (unpaired) electrons. The van der Waals surface area contributed by atoms with Crippen molar-refractivity contribution >= 4 is 11.8 Å². The van der Waals surface area contributed by atoms with E-state index in [0.29, 0.717) is 19.1 Å². The zero-order chi connectivity index (χ0) is 18.4. The summed E-state index contributed by atoms with van der Waals surface area (Å²) >= 11 is 0. The normalized spacial score (nSPS) is 23.8. The van der Waals surface area contributed by atoms with Crippen LogP contribution in [0, 0.1) is 0 Å². The molecule has 7 heteroatoms. The van der Waals surface area contributed by atoms with Gasteiger partial charge >= 0.3 is 0 Å². The number of hydrogen-bond acceptors (Lipinski definition) is 5. The van der Waals surface area contributed by atoms with E-state index in [4.69, 9.17) is 4.74 Å². The second kappa shape index (κ2) is 9.67. The van der Waals surface area contributed by atoms with Gasteiger partial charge in [0.15, 0.2) is 0 Å². The smallest absolute Gasteiger partial charge is 0.236 e. The van der Waals surface area contributed by atoms with Gasteiger partial charge in [0.25, 0.3) is 0 Å². The molecule has 0 bridgehead atoms. The summed E-state index contributed by atoms with van der Waals surface area (Å²) in [6, 6.07) is 0.424. The molecule has 3 fully saturated rings. The van der Waals surface area contributed by atoms with Crippen molar-refractivity contribution < 1.29 is 14.3 Å². The predicted octanol–water partition coefficient (Wildman–Crippen LogP) is 0.254. The molecule has 3 rings (SSSR count). The van der Waals surface area contributed by atoms with E-state index in [1.165, 1.54) is 19.3 Å². The summed E-state index contributed by atoms with van der Waals surface area (Å²) in [4.78, 5) is 33.3.